The summed E-state index contributed by atoms with van der Waals surface area (Å²) in [4.78, 5) is 28.1. The predicted molar refractivity (Wildman–Crippen MR) is 111 cm³/mol. The minimum atomic E-state index is -0.0911. The van der Waals surface area contributed by atoms with Crippen molar-refractivity contribution in [3.05, 3.63) is 54.6 Å². The van der Waals surface area contributed by atoms with Crippen LogP contribution in [-0.4, -0.2) is 42.6 Å². The molecule has 1 aliphatic rings. The monoisotopic (exact) mass is 383 g/mol. The lowest BCUT2D eigenvalue weighted by Gasteiger charge is -2.31. The number of hydrogen-bond donors (Lipinski definition) is 2. The molecule has 2 aromatic rings. The molecule has 2 N–H and O–H groups in total. The highest BCUT2D eigenvalue weighted by Crippen LogP contribution is 2.20. The first-order valence-corrected chi connectivity index (χ1v) is 10.4. The quantitative estimate of drug-likeness (QED) is 0.747. The van der Waals surface area contributed by atoms with Crippen LogP contribution in [0.5, 0.6) is 0 Å². The van der Waals surface area contributed by atoms with Crippen molar-refractivity contribution >= 4 is 35.0 Å². The highest BCUT2D eigenvalue weighted by atomic mass is 32.2. The number of carbonyl (C=O) groups is 2. The first-order chi connectivity index (χ1) is 13.1. The van der Waals surface area contributed by atoms with E-state index in [1.54, 1.807) is 11.8 Å². The maximum Gasteiger partial charge on any atom is 0.238 e. The van der Waals surface area contributed by atoms with Gasteiger partial charge in [-0.1, -0.05) is 24.3 Å². The summed E-state index contributed by atoms with van der Waals surface area (Å²) in [5.41, 5.74) is 1.62. The zero-order valence-electron chi connectivity index (χ0n) is 15.5. The summed E-state index contributed by atoms with van der Waals surface area (Å²) >= 11 is 1.64. The number of carbonyl (C=O) groups excluding carboxylic acids is 2. The molecule has 0 aromatic heterocycles. The molecule has 27 heavy (non-hydrogen) atoms. The number of amides is 2. The number of nitrogens with zero attached hydrogens (tertiary/aromatic N) is 1. The molecule has 142 valence electrons. The second-order valence-electron chi connectivity index (χ2n) is 6.71. The van der Waals surface area contributed by atoms with Gasteiger partial charge in [-0.15, -0.1) is 11.8 Å². The van der Waals surface area contributed by atoms with Crippen molar-refractivity contribution in [2.45, 2.75) is 17.7 Å². The van der Waals surface area contributed by atoms with Gasteiger partial charge in [0.2, 0.25) is 11.8 Å². The van der Waals surface area contributed by atoms with Crippen molar-refractivity contribution in [3.63, 3.8) is 0 Å². The summed E-state index contributed by atoms with van der Waals surface area (Å²) in [6.45, 7) is 1.75. The second kappa shape index (κ2) is 9.58. The molecular formula is C21H25N3O2S. The Balaban J connectivity index is 1.51. The second-order valence-corrected chi connectivity index (χ2v) is 7.59. The Morgan fingerprint density at radius 1 is 1.07 bits per heavy atom. The van der Waals surface area contributed by atoms with Crippen molar-refractivity contribution in [3.8, 4) is 0 Å². The number of para-hydroxylation sites is 1. The molecule has 1 atom stereocenters. The summed E-state index contributed by atoms with van der Waals surface area (Å²) in [6.07, 6.45) is 3.78. The van der Waals surface area contributed by atoms with E-state index in [4.69, 9.17) is 0 Å². The molecule has 3 rings (SSSR count). The maximum absolute atomic E-state index is 12.5. The third-order valence-electron chi connectivity index (χ3n) is 4.64. The topological polar surface area (TPSA) is 61.4 Å². The van der Waals surface area contributed by atoms with Crippen LogP contribution in [0.3, 0.4) is 0 Å². The molecule has 0 bridgehead atoms. The molecule has 1 aliphatic heterocycles. The molecule has 1 saturated heterocycles. The SMILES string of the molecule is CSc1cccc(NC(=O)CN2CCCC(C(=O)Nc3ccccc3)C2)c1. The fourth-order valence-electron chi connectivity index (χ4n) is 3.28. The third kappa shape index (κ3) is 5.84. The lowest BCUT2D eigenvalue weighted by molar-refractivity contribution is -0.123. The van der Waals surface area contributed by atoms with Gasteiger partial charge >= 0.3 is 0 Å². The zero-order chi connectivity index (χ0) is 19.1. The maximum atomic E-state index is 12.5. The Bertz CT molecular complexity index is 782. The van der Waals surface area contributed by atoms with Crippen LogP contribution in [0.2, 0.25) is 0 Å². The van der Waals surface area contributed by atoms with Gasteiger partial charge in [0.1, 0.15) is 0 Å². The molecule has 6 heteroatoms. The largest absolute Gasteiger partial charge is 0.326 e. The zero-order valence-corrected chi connectivity index (χ0v) is 16.3. The highest BCUT2D eigenvalue weighted by Gasteiger charge is 2.26. The smallest absolute Gasteiger partial charge is 0.238 e. The molecule has 1 unspecified atom stereocenters. The average Bonchev–Trinajstić information content (AvgIpc) is 2.69. The molecule has 0 radical (unpaired) electrons. The molecule has 1 fully saturated rings. The minimum absolute atomic E-state index is 0.0268. The molecule has 0 saturated carbocycles. The Hall–Kier alpha value is -2.31. The molecule has 2 amide bonds. The fourth-order valence-corrected chi connectivity index (χ4v) is 3.74. The molecule has 5 nitrogen and oxygen atoms in total. The summed E-state index contributed by atoms with van der Waals surface area (Å²) < 4.78 is 0. The first-order valence-electron chi connectivity index (χ1n) is 9.16. The molecule has 0 aliphatic carbocycles. The van der Waals surface area contributed by atoms with Crippen LogP contribution < -0.4 is 10.6 Å². The summed E-state index contributed by atoms with van der Waals surface area (Å²) in [7, 11) is 0. The molecule has 1 heterocycles. The van der Waals surface area contributed by atoms with Gasteiger partial charge in [0.25, 0.3) is 0 Å². The minimum Gasteiger partial charge on any atom is -0.326 e. The van der Waals surface area contributed by atoms with Crippen LogP contribution in [0.1, 0.15) is 12.8 Å². The van der Waals surface area contributed by atoms with Crippen molar-refractivity contribution < 1.29 is 9.59 Å². The van der Waals surface area contributed by atoms with E-state index >= 15 is 0 Å². The number of likely N-dealkylation sites (tertiary alicyclic amines) is 1. The van der Waals surface area contributed by atoms with Gasteiger partial charge in [-0.05, 0) is 56.0 Å². The van der Waals surface area contributed by atoms with Gasteiger partial charge in [0, 0.05) is 22.8 Å². The van der Waals surface area contributed by atoms with E-state index in [-0.39, 0.29) is 17.7 Å². The van der Waals surface area contributed by atoms with Crippen molar-refractivity contribution in [1.82, 2.24) is 4.90 Å². The van der Waals surface area contributed by atoms with Gasteiger partial charge in [-0.2, -0.15) is 0 Å². The van der Waals surface area contributed by atoms with E-state index in [0.29, 0.717) is 13.1 Å². The summed E-state index contributed by atoms with van der Waals surface area (Å²) in [5.74, 6) is -0.108. The number of rotatable bonds is 6. The number of hydrogen-bond acceptors (Lipinski definition) is 4. The van der Waals surface area contributed by atoms with E-state index < -0.39 is 0 Å². The van der Waals surface area contributed by atoms with E-state index in [1.807, 2.05) is 60.9 Å². The molecule has 0 spiro atoms. The highest BCUT2D eigenvalue weighted by molar-refractivity contribution is 7.98. The lowest BCUT2D eigenvalue weighted by atomic mass is 9.97. The van der Waals surface area contributed by atoms with E-state index in [9.17, 15) is 9.59 Å². The van der Waals surface area contributed by atoms with Crippen LogP contribution in [0.25, 0.3) is 0 Å². The van der Waals surface area contributed by atoms with E-state index in [0.717, 1.165) is 35.7 Å². The van der Waals surface area contributed by atoms with Gasteiger partial charge in [-0.3, -0.25) is 14.5 Å². The average molecular weight is 384 g/mol. The van der Waals surface area contributed by atoms with Crippen LogP contribution in [0.15, 0.2) is 59.5 Å². The Labute approximate surface area is 164 Å². The van der Waals surface area contributed by atoms with Crippen molar-refractivity contribution in [1.29, 1.82) is 0 Å². The van der Waals surface area contributed by atoms with Crippen molar-refractivity contribution in [2.24, 2.45) is 5.92 Å². The van der Waals surface area contributed by atoms with Crippen LogP contribution >= 0.6 is 11.8 Å². The van der Waals surface area contributed by atoms with E-state index in [2.05, 4.69) is 15.5 Å². The standard InChI is InChI=1S/C21H25N3O2S/c1-27-19-11-5-10-18(13-19)22-20(25)15-24-12-6-7-16(14-24)21(26)23-17-8-3-2-4-9-17/h2-5,8-11,13,16H,6-7,12,14-15H2,1H3,(H,22,25)(H,23,26). The van der Waals surface area contributed by atoms with Gasteiger partial charge in [-0.25, -0.2) is 0 Å². The van der Waals surface area contributed by atoms with Crippen LogP contribution in [0.4, 0.5) is 11.4 Å². The number of nitrogens with one attached hydrogen (secondary N) is 2. The third-order valence-corrected chi connectivity index (χ3v) is 5.36. The number of anilines is 2. The van der Waals surface area contributed by atoms with Gasteiger partial charge in [0.15, 0.2) is 0 Å². The normalized spacial score (nSPS) is 17.3. The molecular weight excluding hydrogens is 358 g/mol. The Morgan fingerprint density at radius 2 is 1.85 bits per heavy atom. The lowest BCUT2D eigenvalue weighted by Crippen LogP contribution is -2.43. The number of piperidine rings is 1. The summed E-state index contributed by atoms with van der Waals surface area (Å²) in [6, 6.07) is 17.3. The van der Waals surface area contributed by atoms with Gasteiger partial charge < -0.3 is 10.6 Å². The van der Waals surface area contributed by atoms with Gasteiger partial charge in [0.05, 0.1) is 12.5 Å². The fraction of sp³-hybridized carbons (Fsp3) is 0.333. The van der Waals surface area contributed by atoms with E-state index in [1.165, 1.54) is 0 Å². The van der Waals surface area contributed by atoms with Crippen molar-refractivity contribution in [2.75, 3.05) is 36.5 Å². The van der Waals surface area contributed by atoms with Crippen LogP contribution in [-0.2, 0) is 9.59 Å². The predicted octanol–water partition coefficient (Wildman–Crippen LogP) is 3.70. The Kier molecular flexibility index (Phi) is 6.90. The van der Waals surface area contributed by atoms with Crippen LogP contribution in [0, 0.1) is 5.92 Å². The Morgan fingerprint density at radius 3 is 2.63 bits per heavy atom. The summed E-state index contributed by atoms with van der Waals surface area (Å²) in [5, 5.41) is 5.92. The number of benzene rings is 2. The number of thioether (sulfide) groups is 1. The first kappa shape index (κ1) is 19.5. The molecule has 2 aromatic carbocycles.